The van der Waals surface area contributed by atoms with Crippen LogP contribution in [0.2, 0.25) is 0 Å². The molecule has 54 valence electrons. The smallest absolute Gasteiger partial charge is 0.0297 e. The Kier molecular flexibility index (Phi) is 2.15. The van der Waals surface area contributed by atoms with Crippen LogP contribution in [0.25, 0.3) is 0 Å². The van der Waals surface area contributed by atoms with Crippen molar-refractivity contribution in [1.82, 2.24) is 0 Å². The average Bonchev–Trinajstić information content (AvgIpc) is 2.46. The Hall–Kier alpha value is 0. The van der Waals surface area contributed by atoms with Crippen molar-refractivity contribution in [2.45, 2.75) is 52.4 Å². The molecule has 0 aromatic carbocycles. The second kappa shape index (κ2) is 2.72. The van der Waals surface area contributed by atoms with Gasteiger partial charge in [-0.1, -0.05) is 26.7 Å². The molecular weight excluding hydrogens is 108 g/mol. The van der Waals surface area contributed by atoms with Crippen LogP contribution in [0.3, 0.4) is 0 Å². The molecule has 0 aromatic rings. The van der Waals surface area contributed by atoms with Gasteiger partial charge in [0, 0.05) is 0 Å². The fraction of sp³-hybridized carbons (Fsp3) is 1.00. The summed E-state index contributed by atoms with van der Waals surface area (Å²) in [4.78, 5) is 0. The third-order valence-corrected chi connectivity index (χ3v) is 2.62. The van der Waals surface area contributed by atoms with Crippen LogP contribution < -0.4 is 0 Å². The Morgan fingerprint density at radius 2 is 1.22 bits per heavy atom. The molecule has 2 aliphatic rings. The van der Waals surface area contributed by atoms with Crippen molar-refractivity contribution in [3.8, 4) is 0 Å². The molecule has 2 rings (SSSR count). The lowest BCUT2D eigenvalue weighted by molar-refractivity contribution is 0.535. The molecule has 2 saturated carbocycles. The van der Waals surface area contributed by atoms with Gasteiger partial charge in [0.1, 0.15) is 0 Å². The summed E-state index contributed by atoms with van der Waals surface area (Å²) >= 11 is 0. The molecule has 0 heteroatoms. The highest BCUT2D eigenvalue weighted by Crippen LogP contribution is 2.57. The van der Waals surface area contributed by atoms with Crippen LogP contribution in [-0.2, 0) is 0 Å². The van der Waals surface area contributed by atoms with Gasteiger partial charge in [0.25, 0.3) is 0 Å². The maximum absolute atomic E-state index is 2.00. The third-order valence-electron chi connectivity index (χ3n) is 2.62. The zero-order valence-corrected chi connectivity index (χ0v) is 6.74. The topological polar surface area (TPSA) is 0 Å². The lowest BCUT2D eigenvalue weighted by Crippen LogP contribution is -1.86. The minimum Gasteiger partial charge on any atom is -0.0683 e. The van der Waals surface area contributed by atoms with E-state index in [1.165, 1.54) is 12.8 Å². The van der Waals surface area contributed by atoms with Gasteiger partial charge in [-0.3, -0.25) is 0 Å². The molecule has 2 fully saturated rings. The molecule has 0 nitrogen and oxygen atoms in total. The second-order valence-corrected chi connectivity index (χ2v) is 3.21. The fourth-order valence-electron chi connectivity index (χ4n) is 1.80. The third kappa shape index (κ3) is 1.47. The number of hydrogen-bond donors (Lipinski definition) is 0. The minimum atomic E-state index is 0.944. The predicted molar refractivity (Wildman–Crippen MR) is 41.5 cm³/mol. The predicted octanol–water partition coefficient (Wildman–Crippen LogP) is 3.37. The summed E-state index contributed by atoms with van der Waals surface area (Å²) in [6.07, 6.45) is 9.31. The lowest BCUT2D eigenvalue weighted by atomic mass is 10.1. The second-order valence-electron chi connectivity index (χ2n) is 3.21. The maximum atomic E-state index is 2.00. The molecule has 9 heavy (non-hydrogen) atoms. The molecule has 0 heterocycles. The van der Waals surface area contributed by atoms with Gasteiger partial charge in [-0.2, -0.15) is 0 Å². The lowest BCUT2D eigenvalue weighted by Gasteiger charge is -1.97. The van der Waals surface area contributed by atoms with Crippen LogP contribution in [0, 0.1) is 5.41 Å². The van der Waals surface area contributed by atoms with E-state index >= 15 is 0 Å². The Bertz CT molecular complexity index is 72.0. The van der Waals surface area contributed by atoms with Gasteiger partial charge < -0.3 is 0 Å². The standard InChI is InChI=1S/C7H12.C2H6/c1-2-4-7(3-1)5-6-7;1-2/h1-6H2;1-2H3. The Morgan fingerprint density at radius 1 is 0.778 bits per heavy atom. The van der Waals surface area contributed by atoms with Crippen LogP contribution in [0.5, 0.6) is 0 Å². The van der Waals surface area contributed by atoms with Crippen LogP contribution >= 0.6 is 0 Å². The average molecular weight is 126 g/mol. The first-order valence-electron chi connectivity index (χ1n) is 4.41. The van der Waals surface area contributed by atoms with Crippen molar-refractivity contribution in [2.75, 3.05) is 0 Å². The van der Waals surface area contributed by atoms with E-state index in [1.807, 2.05) is 13.8 Å². The van der Waals surface area contributed by atoms with Crippen LogP contribution in [0.1, 0.15) is 52.4 Å². The minimum absolute atomic E-state index is 0.944. The normalized spacial score (nSPS) is 27.3. The van der Waals surface area contributed by atoms with Crippen LogP contribution in [0.4, 0.5) is 0 Å². The summed E-state index contributed by atoms with van der Waals surface area (Å²) in [6, 6.07) is 0. The van der Waals surface area contributed by atoms with Crippen molar-refractivity contribution in [3.63, 3.8) is 0 Å². The molecule has 0 N–H and O–H groups in total. The Morgan fingerprint density at radius 3 is 1.44 bits per heavy atom. The molecular formula is C9H18. The summed E-state index contributed by atoms with van der Waals surface area (Å²) in [6.45, 7) is 4.00. The monoisotopic (exact) mass is 126 g/mol. The van der Waals surface area contributed by atoms with Crippen LogP contribution in [0.15, 0.2) is 0 Å². The SMILES string of the molecule is C1CCC2(C1)CC2.CC. The first kappa shape index (κ1) is 7.11. The Balaban J connectivity index is 0.000000186. The van der Waals surface area contributed by atoms with E-state index in [0.717, 1.165) is 5.41 Å². The largest absolute Gasteiger partial charge is 0.0683 e. The van der Waals surface area contributed by atoms with Gasteiger partial charge in [-0.15, -0.1) is 0 Å². The van der Waals surface area contributed by atoms with Crippen molar-refractivity contribution in [2.24, 2.45) is 5.41 Å². The number of rotatable bonds is 0. The highest BCUT2D eigenvalue weighted by molar-refractivity contribution is 4.95. The van der Waals surface area contributed by atoms with Crippen molar-refractivity contribution >= 4 is 0 Å². The zero-order chi connectivity index (χ0) is 6.74. The summed E-state index contributed by atoms with van der Waals surface area (Å²) in [5, 5.41) is 0. The van der Waals surface area contributed by atoms with Gasteiger partial charge in [0.05, 0.1) is 0 Å². The molecule has 0 aliphatic heterocycles. The van der Waals surface area contributed by atoms with Gasteiger partial charge in [0.2, 0.25) is 0 Å². The molecule has 2 aliphatic carbocycles. The molecule has 0 bridgehead atoms. The molecule has 0 saturated heterocycles. The zero-order valence-electron chi connectivity index (χ0n) is 6.74. The van der Waals surface area contributed by atoms with E-state index in [9.17, 15) is 0 Å². The first-order valence-corrected chi connectivity index (χ1v) is 4.41. The van der Waals surface area contributed by atoms with E-state index < -0.39 is 0 Å². The maximum Gasteiger partial charge on any atom is -0.0297 e. The van der Waals surface area contributed by atoms with Crippen molar-refractivity contribution in [1.29, 1.82) is 0 Å². The van der Waals surface area contributed by atoms with Gasteiger partial charge in [-0.05, 0) is 31.1 Å². The van der Waals surface area contributed by atoms with E-state index in [0.29, 0.717) is 0 Å². The molecule has 0 amide bonds. The summed E-state index contributed by atoms with van der Waals surface area (Å²) < 4.78 is 0. The van der Waals surface area contributed by atoms with Gasteiger partial charge in [0.15, 0.2) is 0 Å². The quantitative estimate of drug-likeness (QED) is 0.467. The summed E-state index contributed by atoms with van der Waals surface area (Å²) in [5.74, 6) is 0. The Labute approximate surface area is 58.7 Å². The summed E-state index contributed by atoms with van der Waals surface area (Å²) in [7, 11) is 0. The number of hydrogen-bond acceptors (Lipinski definition) is 0. The van der Waals surface area contributed by atoms with Crippen LogP contribution in [-0.4, -0.2) is 0 Å². The molecule has 0 unspecified atom stereocenters. The first-order chi connectivity index (χ1) is 4.41. The van der Waals surface area contributed by atoms with Crippen molar-refractivity contribution in [3.05, 3.63) is 0 Å². The molecule has 0 aromatic heterocycles. The van der Waals surface area contributed by atoms with E-state index in [1.54, 1.807) is 25.7 Å². The van der Waals surface area contributed by atoms with Gasteiger partial charge >= 0.3 is 0 Å². The molecule has 0 radical (unpaired) electrons. The highest BCUT2D eigenvalue weighted by atomic mass is 14.5. The van der Waals surface area contributed by atoms with Crippen molar-refractivity contribution < 1.29 is 0 Å². The fourth-order valence-corrected chi connectivity index (χ4v) is 1.80. The van der Waals surface area contributed by atoms with E-state index in [-0.39, 0.29) is 0 Å². The molecule has 1 spiro atoms. The highest BCUT2D eigenvalue weighted by Gasteiger charge is 2.43. The molecule has 0 atom stereocenters. The van der Waals surface area contributed by atoms with E-state index in [4.69, 9.17) is 0 Å². The summed E-state index contributed by atoms with van der Waals surface area (Å²) in [5.41, 5.74) is 0.944. The van der Waals surface area contributed by atoms with Gasteiger partial charge in [-0.25, -0.2) is 0 Å². The van der Waals surface area contributed by atoms with E-state index in [2.05, 4.69) is 0 Å².